The highest BCUT2D eigenvalue weighted by molar-refractivity contribution is 5.26. The smallest absolute Gasteiger partial charge is 0.0915 e. The third kappa shape index (κ3) is 4.11. The fourth-order valence-electron chi connectivity index (χ4n) is 12.9. The molecule has 1 aromatic carbocycles. The van der Waals surface area contributed by atoms with Crippen molar-refractivity contribution < 1.29 is 15.3 Å². The molecule has 0 heterocycles. The van der Waals surface area contributed by atoms with Crippen molar-refractivity contribution in [1.82, 2.24) is 0 Å². The minimum Gasteiger partial charge on any atom is -0.512 e. The summed E-state index contributed by atoms with van der Waals surface area (Å²) in [5.41, 5.74) is 2.80. The lowest BCUT2D eigenvalue weighted by Crippen LogP contribution is -2.67. The molecule has 0 bridgehead atoms. The van der Waals surface area contributed by atoms with Crippen LogP contribution in [0.15, 0.2) is 54.8 Å². The number of hydrogen-bond donors (Lipinski definition) is 3. The molecule has 0 saturated heterocycles. The average Bonchev–Trinajstić information content (AvgIpc) is 3.37. The van der Waals surface area contributed by atoms with Crippen LogP contribution in [0.1, 0.15) is 110 Å². The molecule has 42 heavy (non-hydrogen) atoms. The molecule has 3 N–H and O–H groups in total. The van der Waals surface area contributed by atoms with Crippen LogP contribution in [0.2, 0.25) is 0 Å². The van der Waals surface area contributed by atoms with Crippen molar-refractivity contribution in [3.8, 4) is 0 Å². The summed E-state index contributed by atoms with van der Waals surface area (Å²) in [6.07, 6.45) is 13.9. The minimum atomic E-state index is -0.408. The zero-order valence-electron chi connectivity index (χ0n) is 27.0. The summed E-state index contributed by atoms with van der Waals surface area (Å²) in [4.78, 5) is 0. The molecule has 232 valence electrons. The Labute approximate surface area is 255 Å². The lowest BCUT2D eigenvalue weighted by Gasteiger charge is -2.73. The van der Waals surface area contributed by atoms with Crippen LogP contribution in [0.4, 0.5) is 0 Å². The van der Waals surface area contributed by atoms with Gasteiger partial charge in [0.15, 0.2) is 0 Å². The summed E-state index contributed by atoms with van der Waals surface area (Å²) < 4.78 is 0. The van der Waals surface area contributed by atoms with Gasteiger partial charge in [0.2, 0.25) is 0 Å². The fourth-order valence-corrected chi connectivity index (χ4v) is 12.9. The molecule has 3 heteroatoms. The Bertz CT molecular complexity index is 1190. The van der Waals surface area contributed by atoms with E-state index in [1.807, 2.05) is 0 Å². The van der Waals surface area contributed by atoms with Gasteiger partial charge in [-0.1, -0.05) is 76.8 Å². The molecule has 5 saturated carbocycles. The second-order valence-corrected chi connectivity index (χ2v) is 16.7. The number of fused-ring (bicyclic) bond motifs is 7. The van der Waals surface area contributed by atoms with Gasteiger partial charge in [-0.15, -0.1) is 0 Å². The van der Waals surface area contributed by atoms with E-state index in [1.165, 1.54) is 30.4 Å². The Hall–Kier alpha value is -1.58. The molecule has 0 amide bonds. The summed E-state index contributed by atoms with van der Waals surface area (Å²) in [6.45, 7) is 19.0. The van der Waals surface area contributed by atoms with E-state index in [2.05, 4.69) is 64.6 Å². The van der Waals surface area contributed by atoms with Crippen LogP contribution in [-0.4, -0.2) is 28.0 Å². The zero-order chi connectivity index (χ0) is 30.1. The van der Waals surface area contributed by atoms with Gasteiger partial charge < -0.3 is 15.3 Å². The van der Waals surface area contributed by atoms with Gasteiger partial charge in [0, 0.05) is 10.8 Å². The van der Waals surface area contributed by atoms with E-state index in [0.29, 0.717) is 35.3 Å². The van der Waals surface area contributed by atoms with Crippen LogP contribution in [0.25, 0.3) is 0 Å². The van der Waals surface area contributed by atoms with E-state index < -0.39 is 11.5 Å². The minimum absolute atomic E-state index is 0.0784. The van der Waals surface area contributed by atoms with Crippen molar-refractivity contribution in [2.45, 2.75) is 117 Å². The molecule has 0 aromatic heterocycles. The molecule has 3 nitrogen and oxygen atoms in total. The second-order valence-electron chi connectivity index (χ2n) is 16.7. The standard InChI is InChI=1S/C39H58O3/c1-26(11-10-14-28-12-8-7-9-13-28)29-17-22-39(27(2)41)24-23-37(5)30(34(29)39)15-16-32-35(3)20-19-33(42)36(4,25-40)31(35)18-21-38(32,37)6/h7-9,12-13,29-34,40-42H,1-2,10-11,14-25H2,3-6H3/t29-,30?,31+,32+,33-,34+,35-,36-,37+,38+,39+/m0/s1. The maximum Gasteiger partial charge on any atom is 0.0915 e. The van der Waals surface area contributed by atoms with Gasteiger partial charge in [0.25, 0.3) is 0 Å². The molecule has 0 radical (unpaired) electrons. The Kier molecular flexibility index (Phi) is 7.62. The van der Waals surface area contributed by atoms with Gasteiger partial charge in [-0.3, -0.25) is 0 Å². The predicted octanol–water partition coefficient (Wildman–Crippen LogP) is 9.05. The predicted molar refractivity (Wildman–Crippen MR) is 172 cm³/mol. The van der Waals surface area contributed by atoms with Gasteiger partial charge >= 0.3 is 0 Å². The van der Waals surface area contributed by atoms with Crippen molar-refractivity contribution in [2.24, 2.45) is 56.7 Å². The monoisotopic (exact) mass is 574 g/mol. The highest BCUT2D eigenvalue weighted by atomic mass is 16.3. The fraction of sp³-hybridized carbons (Fsp3) is 0.744. The van der Waals surface area contributed by atoms with E-state index in [4.69, 9.17) is 6.58 Å². The first kappa shape index (κ1) is 30.4. The molecular weight excluding hydrogens is 516 g/mol. The molecule has 0 spiro atoms. The molecule has 1 aromatic rings. The summed E-state index contributed by atoms with van der Waals surface area (Å²) in [5, 5.41) is 32.9. The number of allylic oxidation sites excluding steroid dienone is 2. The molecule has 6 rings (SSSR count). The maximum atomic E-state index is 11.3. The van der Waals surface area contributed by atoms with Crippen LogP contribution in [0, 0.1) is 56.7 Å². The number of rotatable bonds is 7. The van der Waals surface area contributed by atoms with Crippen molar-refractivity contribution in [2.75, 3.05) is 6.61 Å². The van der Waals surface area contributed by atoms with Gasteiger partial charge in [-0.05, 0) is 135 Å². The van der Waals surface area contributed by atoms with E-state index in [-0.39, 0.29) is 28.3 Å². The molecule has 5 aliphatic carbocycles. The van der Waals surface area contributed by atoms with Crippen LogP contribution in [0.3, 0.4) is 0 Å². The van der Waals surface area contributed by atoms with E-state index >= 15 is 0 Å². The number of aliphatic hydroxyl groups excluding tert-OH is 3. The van der Waals surface area contributed by atoms with Gasteiger partial charge in [-0.25, -0.2) is 0 Å². The zero-order valence-corrected chi connectivity index (χ0v) is 27.0. The summed E-state index contributed by atoms with van der Waals surface area (Å²) in [7, 11) is 0. The highest BCUT2D eigenvalue weighted by Gasteiger charge is 2.71. The lowest BCUT2D eigenvalue weighted by molar-refractivity contribution is -0.253. The van der Waals surface area contributed by atoms with E-state index in [9.17, 15) is 15.3 Å². The van der Waals surface area contributed by atoms with Crippen molar-refractivity contribution >= 4 is 0 Å². The number of aryl methyl sites for hydroxylation is 1. The normalized spacial score (nSPS) is 48.0. The first-order valence-electron chi connectivity index (χ1n) is 17.3. The van der Waals surface area contributed by atoms with E-state index in [1.54, 1.807) is 0 Å². The maximum absolute atomic E-state index is 11.3. The third-order valence-electron chi connectivity index (χ3n) is 15.5. The highest BCUT2D eigenvalue weighted by Crippen LogP contribution is 2.78. The van der Waals surface area contributed by atoms with Gasteiger partial charge in [0.1, 0.15) is 0 Å². The number of aliphatic hydroxyl groups is 3. The largest absolute Gasteiger partial charge is 0.512 e. The Morgan fingerprint density at radius 2 is 1.57 bits per heavy atom. The first-order valence-corrected chi connectivity index (χ1v) is 17.3. The molecular formula is C39H58O3. The van der Waals surface area contributed by atoms with E-state index in [0.717, 1.165) is 64.2 Å². The molecule has 0 aliphatic heterocycles. The summed E-state index contributed by atoms with van der Waals surface area (Å²) in [5.74, 6) is 2.86. The third-order valence-corrected chi connectivity index (χ3v) is 15.5. The Morgan fingerprint density at radius 3 is 2.26 bits per heavy atom. The summed E-state index contributed by atoms with van der Waals surface area (Å²) >= 11 is 0. The van der Waals surface area contributed by atoms with Crippen LogP contribution < -0.4 is 0 Å². The van der Waals surface area contributed by atoms with Gasteiger partial charge in [-0.2, -0.15) is 0 Å². The molecule has 1 unspecified atom stereocenters. The Balaban J connectivity index is 1.29. The van der Waals surface area contributed by atoms with Crippen LogP contribution >= 0.6 is 0 Å². The lowest BCUT2D eigenvalue weighted by atomic mass is 9.32. The van der Waals surface area contributed by atoms with Gasteiger partial charge in [0.05, 0.1) is 18.5 Å². The molecule has 5 aliphatic rings. The SMILES string of the molecule is C=C(CCCc1ccccc1)[C@@H]1CC[C@]2(C(=C)O)CC[C@]3(C)C(CC[C@@H]4[C@@]5(C)CC[C@H](O)[C@@](C)(CO)[C@@H]5CC[C@]43C)[C@@H]12. The van der Waals surface area contributed by atoms with Crippen LogP contribution in [-0.2, 0) is 6.42 Å². The second kappa shape index (κ2) is 10.5. The van der Waals surface area contributed by atoms with Crippen molar-refractivity contribution in [3.63, 3.8) is 0 Å². The number of benzene rings is 1. The molecule has 5 fully saturated rings. The summed E-state index contributed by atoms with van der Waals surface area (Å²) in [6, 6.07) is 10.8. The molecule has 11 atom stereocenters. The van der Waals surface area contributed by atoms with Crippen molar-refractivity contribution in [1.29, 1.82) is 0 Å². The first-order chi connectivity index (χ1) is 19.9. The van der Waals surface area contributed by atoms with Crippen LogP contribution in [0.5, 0.6) is 0 Å². The topological polar surface area (TPSA) is 60.7 Å². The average molecular weight is 575 g/mol. The quantitative estimate of drug-likeness (QED) is 0.225. The van der Waals surface area contributed by atoms with Crippen molar-refractivity contribution in [3.05, 3.63) is 60.4 Å². The Morgan fingerprint density at radius 1 is 0.833 bits per heavy atom. The number of hydrogen-bond acceptors (Lipinski definition) is 3.